The van der Waals surface area contributed by atoms with Crippen molar-refractivity contribution in [2.45, 2.75) is 0 Å². The predicted octanol–water partition coefficient (Wildman–Crippen LogP) is 4.31. The van der Waals surface area contributed by atoms with E-state index in [0.29, 0.717) is 10.8 Å². The van der Waals surface area contributed by atoms with Gasteiger partial charge in [0.2, 0.25) is 0 Å². The minimum Gasteiger partial charge on any atom is -0.457 e. The van der Waals surface area contributed by atoms with Gasteiger partial charge in [0, 0.05) is 5.02 Å². The van der Waals surface area contributed by atoms with Crippen LogP contribution in [0.5, 0.6) is 11.5 Å². The van der Waals surface area contributed by atoms with Crippen molar-refractivity contribution in [3.63, 3.8) is 0 Å². The maximum atomic E-state index is 5.90. The summed E-state index contributed by atoms with van der Waals surface area (Å²) in [5, 5.41) is 0.633. The van der Waals surface area contributed by atoms with Gasteiger partial charge in [-0.2, -0.15) is 0 Å². The second kappa shape index (κ2) is 4.37. The molecule has 1 radical (unpaired) electrons. The predicted molar refractivity (Wildman–Crippen MR) is 62.4 cm³/mol. The van der Waals surface area contributed by atoms with Crippen molar-refractivity contribution in [2.24, 2.45) is 0 Å². The summed E-state index contributed by atoms with van der Waals surface area (Å²) in [4.78, 5) is 0. The molecule has 2 rings (SSSR count). The van der Waals surface area contributed by atoms with Crippen molar-refractivity contribution in [1.82, 2.24) is 0 Å². The first-order chi connectivity index (χ1) is 7.24. The van der Waals surface area contributed by atoms with Gasteiger partial charge >= 0.3 is 0 Å². The molecule has 0 atom stereocenters. The van der Waals surface area contributed by atoms with Crippen LogP contribution in [-0.2, 0) is 0 Å². The molecule has 2 heteroatoms. The highest BCUT2D eigenvalue weighted by molar-refractivity contribution is 6.30. The van der Waals surface area contributed by atoms with Gasteiger partial charge in [-0.05, 0) is 42.8 Å². The maximum absolute atomic E-state index is 5.90. The van der Waals surface area contributed by atoms with Gasteiger partial charge in [-0.25, -0.2) is 0 Å². The summed E-state index contributed by atoms with van der Waals surface area (Å²) in [6.07, 6.45) is 0. The highest BCUT2D eigenvalue weighted by atomic mass is 35.5. The molecule has 75 valence electrons. The molecule has 0 amide bonds. The molecule has 0 spiro atoms. The van der Waals surface area contributed by atoms with Crippen LogP contribution in [-0.4, -0.2) is 0 Å². The van der Waals surface area contributed by atoms with E-state index < -0.39 is 0 Å². The normalized spacial score (nSPS) is 10.0. The first kappa shape index (κ1) is 10.1. The molecule has 2 aromatic carbocycles. The molecule has 0 saturated carbocycles. The summed E-state index contributed by atoms with van der Waals surface area (Å²) in [6.45, 7) is 3.82. The minimum absolute atomic E-state index is 0.633. The van der Waals surface area contributed by atoms with Gasteiger partial charge in [0.05, 0.1) is 0 Å². The third kappa shape index (κ3) is 2.74. The van der Waals surface area contributed by atoms with Crippen LogP contribution in [0.2, 0.25) is 5.02 Å². The third-order valence-corrected chi connectivity index (χ3v) is 2.13. The molecule has 2 aromatic rings. The second-order valence-electron chi connectivity index (χ2n) is 3.21. The second-order valence-corrected chi connectivity index (χ2v) is 3.65. The molecule has 0 saturated heterocycles. The average Bonchev–Trinajstić information content (AvgIpc) is 2.17. The van der Waals surface area contributed by atoms with Gasteiger partial charge in [-0.15, -0.1) is 0 Å². The van der Waals surface area contributed by atoms with Crippen molar-refractivity contribution in [3.8, 4) is 11.5 Å². The lowest BCUT2D eigenvalue weighted by Gasteiger charge is -2.06. The molecule has 0 aliphatic heterocycles. The Morgan fingerprint density at radius 1 is 0.933 bits per heavy atom. The zero-order chi connectivity index (χ0) is 10.7. The van der Waals surface area contributed by atoms with E-state index in [0.717, 1.165) is 11.3 Å². The van der Waals surface area contributed by atoms with Crippen LogP contribution in [0.15, 0.2) is 48.5 Å². The van der Waals surface area contributed by atoms with Crippen molar-refractivity contribution in [1.29, 1.82) is 0 Å². The van der Waals surface area contributed by atoms with Crippen molar-refractivity contribution >= 4 is 11.6 Å². The Kier molecular flexibility index (Phi) is 2.93. The molecule has 0 fully saturated rings. The monoisotopic (exact) mass is 217 g/mol. The summed E-state index contributed by atoms with van der Waals surface area (Å²) < 4.78 is 5.62. The summed E-state index contributed by atoms with van der Waals surface area (Å²) in [7, 11) is 0. The van der Waals surface area contributed by atoms with Crippen molar-refractivity contribution in [3.05, 3.63) is 66.0 Å². The summed E-state index contributed by atoms with van der Waals surface area (Å²) in [6, 6.07) is 15.0. The van der Waals surface area contributed by atoms with E-state index in [2.05, 4.69) is 6.92 Å². The minimum atomic E-state index is 0.633. The van der Waals surface area contributed by atoms with E-state index in [1.54, 1.807) is 12.1 Å². The molecule has 0 aromatic heterocycles. The average molecular weight is 218 g/mol. The number of para-hydroxylation sites is 1. The zero-order valence-corrected chi connectivity index (χ0v) is 8.87. The Morgan fingerprint density at radius 2 is 1.67 bits per heavy atom. The summed E-state index contributed by atoms with van der Waals surface area (Å²) >= 11 is 5.90. The molecule has 0 aliphatic rings. The lowest BCUT2D eigenvalue weighted by molar-refractivity contribution is 0.482. The Morgan fingerprint density at radius 3 is 2.33 bits per heavy atom. The van der Waals surface area contributed by atoms with Gasteiger partial charge < -0.3 is 4.74 Å². The molecule has 0 heterocycles. The molecular weight excluding hydrogens is 208 g/mol. The SMILES string of the molecule is [CH2]c1cc(Cl)cc(Oc2ccccc2)c1. The van der Waals surface area contributed by atoms with E-state index in [9.17, 15) is 0 Å². The Balaban J connectivity index is 2.25. The first-order valence-corrected chi connectivity index (χ1v) is 4.97. The van der Waals surface area contributed by atoms with Gasteiger partial charge in [0.1, 0.15) is 11.5 Å². The van der Waals surface area contributed by atoms with Gasteiger partial charge in [0.25, 0.3) is 0 Å². The standard InChI is InChI=1S/C13H10ClO/c1-10-7-11(14)9-13(8-10)15-12-5-3-2-4-6-12/h2-9H,1H2. The fraction of sp³-hybridized carbons (Fsp3) is 0. The zero-order valence-electron chi connectivity index (χ0n) is 8.11. The molecule has 0 bridgehead atoms. The van der Waals surface area contributed by atoms with E-state index >= 15 is 0 Å². The number of hydrogen-bond acceptors (Lipinski definition) is 1. The topological polar surface area (TPSA) is 9.23 Å². The number of rotatable bonds is 2. The van der Waals surface area contributed by atoms with Crippen LogP contribution in [0.3, 0.4) is 0 Å². The lowest BCUT2D eigenvalue weighted by atomic mass is 10.2. The Labute approximate surface area is 94.3 Å². The highest BCUT2D eigenvalue weighted by Crippen LogP contribution is 2.25. The van der Waals surface area contributed by atoms with Crippen LogP contribution < -0.4 is 4.74 Å². The van der Waals surface area contributed by atoms with Crippen molar-refractivity contribution in [2.75, 3.05) is 0 Å². The molecule has 1 nitrogen and oxygen atoms in total. The fourth-order valence-corrected chi connectivity index (χ4v) is 1.55. The van der Waals surface area contributed by atoms with E-state index in [4.69, 9.17) is 16.3 Å². The van der Waals surface area contributed by atoms with Crippen LogP contribution >= 0.6 is 11.6 Å². The Bertz CT molecular complexity index is 431. The Hall–Kier alpha value is -1.47. The summed E-state index contributed by atoms with van der Waals surface area (Å²) in [5.41, 5.74) is 0.841. The number of benzene rings is 2. The van der Waals surface area contributed by atoms with Crippen LogP contribution in [0.25, 0.3) is 0 Å². The fourth-order valence-electron chi connectivity index (χ4n) is 1.30. The smallest absolute Gasteiger partial charge is 0.129 e. The van der Waals surface area contributed by atoms with E-state index in [1.807, 2.05) is 36.4 Å². The van der Waals surface area contributed by atoms with Crippen LogP contribution in [0.4, 0.5) is 0 Å². The van der Waals surface area contributed by atoms with E-state index in [1.165, 1.54) is 0 Å². The lowest BCUT2D eigenvalue weighted by Crippen LogP contribution is -1.84. The van der Waals surface area contributed by atoms with Crippen molar-refractivity contribution < 1.29 is 4.74 Å². The molecule has 0 aliphatic carbocycles. The highest BCUT2D eigenvalue weighted by Gasteiger charge is 1.99. The quantitative estimate of drug-likeness (QED) is 0.728. The molecule has 0 N–H and O–H groups in total. The maximum Gasteiger partial charge on any atom is 0.129 e. The first-order valence-electron chi connectivity index (χ1n) is 4.59. The largest absolute Gasteiger partial charge is 0.457 e. The number of hydrogen-bond donors (Lipinski definition) is 0. The number of halogens is 1. The molecule has 15 heavy (non-hydrogen) atoms. The third-order valence-electron chi connectivity index (χ3n) is 1.91. The van der Waals surface area contributed by atoms with E-state index in [-0.39, 0.29) is 0 Å². The van der Waals surface area contributed by atoms with Gasteiger partial charge in [-0.1, -0.05) is 29.8 Å². The van der Waals surface area contributed by atoms with Crippen LogP contribution in [0, 0.1) is 6.92 Å². The molecule has 0 unspecified atom stereocenters. The summed E-state index contributed by atoms with van der Waals surface area (Å²) in [5.74, 6) is 1.50. The van der Waals surface area contributed by atoms with Crippen LogP contribution in [0.1, 0.15) is 5.56 Å². The van der Waals surface area contributed by atoms with Gasteiger partial charge in [0.15, 0.2) is 0 Å². The van der Waals surface area contributed by atoms with Gasteiger partial charge in [-0.3, -0.25) is 0 Å². The number of ether oxygens (including phenoxy) is 1. The molecular formula is C13H10ClO.